The molecule has 0 aliphatic carbocycles. The molecule has 4 rings (SSSR count). The van der Waals surface area contributed by atoms with Crippen molar-refractivity contribution in [1.82, 2.24) is 9.88 Å². The normalized spacial score (nSPS) is 15.1. The lowest BCUT2D eigenvalue weighted by Crippen LogP contribution is -2.30. The van der Waals surface area contributed by atoms with E-state index in [1.54, 1.807) is 12.5 Å². The van der Waals surface area contributed by atoms with Crippen LogP contribution in [0.1, 0.15) is 17.7 Å². The molecule has 1 amide bonds. The van der Waals surface area contributed by atoms with Crippen LogP contribution in [0, 0.1) is 0 Å². The zero-order valence-corrected chi connectivity index (χ0v) is 16.5. The number of nitrogens with zero attached hydrogens (tertiary/aromatic N) is 3. The van der Waals surface area contributed by atoms with Gasteiger partial charge in [-0.2, -0.15) is 0 Å². The van der Waals surface area contributed by atoms with E-state index in [0.717, 1.165) is 62.0 Å². The number of benzene rings is 1. The zero-order valence-electron chi connectivity index (χ0n) is 16.5. The Morgan fingerprint density at radius 2 is 1.90 bits per heavy atom. The number of hydrogen-bond donors (Lipinski definition) is 1. The fourth-order valence-electron chi connectivity index (χ4n) is 3.61. The van der Waals surface area contributed by atoms with Crippen molar-refractivity contribution in [2.24, 2.45) is 0 Å². The minimum Gasteiger partial charge on any atom is -0.468 e. The Kier molecular flexibility index (Phi) is 6.22. The molecule has 0 bridgehead atoms. The summed E-state index contributed by atoms with van der Waals surface area (Å²) in [7, 11) is 0. The molecule has 29 heavy (non-hydrogen) atoms. The Labute approximate surface area is 171 Å². The number of furan rings is 1. The van der Waals surface area contributed by atoms with Gasteiger partial charge >= 0.3 is 0 Å². The van der Waals surface area contributed by atoms with Crippen molar-refractivity contribution >= 4 is 17.4 Å². The van der Waals surface area contributed by atoms with Crippen LogP contribution in [-0.2, 0) is 17.8 Å². The van der Waals surface area contributed by atoms with Crippen LogP contribution in [0.3, 0.4) is 0 Å². The average Bonchev–Trinajstić information content (AvgIpc) is 3.14. The molecule has 2 aromatic heterocycles. The lowest BCUT2D eigenvalue weighted by Gasteiger charge is -2.22. The number of pyridine rings is 1. The van der Waals surface area contributed by atoms with E-state index in [1.165, 1.54) is 0 Å². The monoisotopic (exact) mass is 390 g/mol. The zero-order chi connectivity index (χ0) is 19.9. The van der Waals surface area contributed by atoms with Gasteiger partial charge in [0.1, 0.15) is 11.6 Å². The highest BCUT2D eigenvalue weighted by atomic mass is 16.3. The summed E-state index contributed by atoms with van der Waals surface area (Å²) in [6, 6.07) is 17.6. The number of rotatable bonds is 6. The number of carbonyl (C=O) groups excluding carboxylic acids is 1. The first-order valence-electron chi connectivity index (χ1n) is 10.1. The molecule has 6 nitrogen and oxygen atoms in total. The van der Waals surface area contributed by atoms with Gasteiger partial charge in [-0.25, -0.2) is 4.98 Å². The summed E-state index contributed by atoms with van der Waals surface area (Å²) in [6.45, 7) is 4.76. The van der Waals surface area contributed by atoms with E-state index in [4.69, 9.17) is 4.42 Å². The highest BCUT2D eigenvalue weighted by molar-refractivity contribution is 5.92. The maximum absolute atomic E-state index is 12.2. The molecule has 1 saturated heterocycles. The largest absolute Gasteiger partial charge is 0.468 e. The van der Waals surface area contributed by atoms with Crippen LogP contribution in [0.25, 0.3) is 0 Å². The third-order valence-corrected chi connectivity index (χ3v) is 5.11. The third-order valence-electron chi connectivity index (χ3n) is 5.11. The second kappa shape index (κ2) is 9.39. The van der Waals surface area contributed by atoms with Gasteiger partial charge in [-0.15, -0.1) is 0 Å². The van der Waals surface area contributed by atoms with Gasteiger partial charge in [0.25, 0.3) is 0 Å². The van der Waals surface area contributed by atoms with Gasteiger partial charge in [0, 0.05) is 26.2 Å². The van der Waals surface area contributed by atoms with E-state index in [0.29, 0.717) is 6.42 Å². The van der Waals surface area contributed by atoms with Gasteiger partial charge in [-0.3, -0.25) is 9.69 Å². The number of anilines is 2. The summed E-state index contributed by atoms with van der Waals surface area (Å²) in [5.74, 6) is 1.92. The van der Waals surface area contributed by atoms with Crippen LogP contribution in [0.2, 0.25) is 0 Å². The number of nitrogens with one attached hydrogen (secondary N) is 1. The molecule has 0 spiro atoms. The average molecular weight is 390 g/mol. The number of aromatic nitrogens is 1. The van der Waals surface area contributed by atoms with Crippen molar-refractivity contribution in [2.45, 2.75) is 19.4 Å². The minimum atomic E-state index is -0.0332. The van der Waals surface area contributed by atoms with Gasteiger partial charge < -0.3 is 14.6 Å². The maximum atomic E-state index is 12.2. The molecular formula is C23H26N4O2. The first-order chi connectivity index (χ1) is 14.3. The van der Waals surface area contributed by atoms with Crippen molar-refractivity contribution in [1.29, 1.82) is 0 Å². The quantitative estimate of drug-likeness (QED) is 0.697. The molecule has 150 valence electrons. The van der Waals surface area contributed by atoms with E-state index < -0.39 is 0 Å². The highest BCUT2D eigenvalue weighted by Crippen LogP contribution is 2.17. The standard InChI is InChI=1S/C23H26N4O2/c28-23(16-19-6-2-1-3-7-19)25-20-9-10-22(24-17-20)27-12-5-11-26(13-14-27)18-21-8-4-15-29-21/h1-4,6-10,15,17H,5,11-14,16,18H2,(H,25,28). The predicted molar refractivity (Wildman–Crippen MR) is 114 cm³/mol. The van der Waals surface area contributed by atoms with Crippen LogP contribution in [0.5, 0.6) is 0 Å². The van der Waals surface area contributed by atoms with Gasteiger partial charge in [0.2, 0.25) is 5.91 Å². The first kappa shape index (κ1) is 19.2. The molecule has 1 fully saturated rings. The van der Waals surface area contributed by atoms with Crippen LogP contribution in [-0.4, -0.2) is 42.0 Å². The van der Waals surface area contributed by atoms with Crippen LogP contribution < -0.4 is 10.2 Å². The first-order valence-corrected chi connectivity index (χ1v) is 10.1. The minimum absolute atomic E-state index is 0.0332. The summed E-state index contributed by atoms with van der Waals surface area (Å²) in [5, 5.41) is 2.93. The summed E-state index contributed by atoms with van der Waals surface area (Å²) in [4.78, 5) is 21.5. The van der Waals surface area contributed by atoms with Crippen LogP contribution in [0.4, 0.5) is 11.5 Å². The van der Waals surface area contributed by atoms with Gasteiger partial charge in [-0.05, 0) is 36.2 Å². The Balaban J connectivity index is 1.30. The smallest absolute Gasteiger partial charge is 0.228 e. The topological polar surface area (TPSA) is 61.6 Å². The third kappa shape index (κ3) is 5.45. The lowest BCUT2D eigenvalue weighted by atomic mass is 10.1. The van der Waals surface area contributed by atoms with E-state index >= 15 is 0 Å². The van der Waals surface area contributed by atoms with E-state index in [-0.39, 0.29) is 5.91 Å². The Morgan fingerprint density at radius 3 is 2.66 bits per heavy atom. The summed E-state index contributed by atoms with van der Waals surface area (Å²) in [6.07, 6.45) is 4.91. The highest BCUT2D eigenvalue weighted by Gasteiger charge is 2.17. The molecule has 1 aliphatic heterocycles. The van der Waals surface area contributed by atoms with Gasteiger partial charge in [0.15, 0.2) is 0 Å². The summed E-state index contributed by atoms with van der Waals surface area (Å²) < 4.78 is 5.47. The maximum Gasteiger partial charge on any atom is 0.228 e. The molecular weight excluding hydrogens is 364 g/mol. The van der Waals surface area contributed by atoms with E-state index in [9.17, 15) is 4.79 Å². The van der Waals surface area contributed by atoms with E-state index in [1.807, 2.05) is 54.6 Å². The fourth-order valence-corrected chi connectivity index (χ4v) is 3.61. The van der Waals surface area contributed by atoms with Crippen molar-refractivity contribution in [3.05, 3.63) is 78.4 Å². The molecule has 0 radical (unpaired) electrons. The lowest BCUT2D eigenvalue weighted by molar-refractivity contribution is -0.115. The predicted octanol–water partition coefficient (Wildman–Crippen LogP) is 3.57. The molecule has 0 unspecified atom stereocenters. The number of amides is 1. The van der Waals surface area contributed by atoms with Gasteiger partial charge in [0.05, 0.1) is 31.1 Å². The second-order valence-corrected chi connectivity index (χ2v) is 7.31. The Bertz CT molecular complexity index is 894. The molecule has 3 aromatic rings. The van der Waals surface area contributed by atoms with Crippen molar-refractivity contribution < 1.29 is 9.21 Å². The van der Waals surface area contributed by atoms with Crippen molar-refractivity contribution in [2.75, 3.05) is 36.4 Å². The molecule has 0 atom stereocenters. The molecule has 1 N–H and O–H groups in total. The molecule has 1 aromatic carbocycles. The number of hydrogen-bond acceptors (Lipinski definition) is 5. The number of carbonyl (C=O) groups is 1. The second-order valence-electron chi connectivity index (χ2n) is 7.31. The molecule has 6 heteroatoms. The van der Waals surface area contributed by atoms with Crippen molar-refractivity contribution in [3.63, 3.8) is 0 Å². The summed E-state index contributed by atoms with van der Waals surface area (Å²) in [5.41, 5.74) is 1.72. The summed E-state index contributed by atoms with van der Waals surface area (Å²) >= 11 is 0. The molecule has 1 aliphatic rings. The van der Waals surface area contributed by atoms with Crippen LogP contribution in [0.15, 0.2) is 71.5 Å². The van der Waals surface area contributed by atoms with E-state index in [2.05, 4.69) is 20.1 Å². The Morgan fingerprint density at radius 1 is 1.00 bits per heavy atom. The SMILES string of the molecule is O=C(Cc1ccccc1)Nc1ccc(N2CCCN(Cc3ccco3)CC2)nc1. The van der Waals surface area contributed by atoms with Gasteiger partial charge in [-0.1, -0.05) is 30.3 Å². The fraction of sp³-hybridized carbons (Fsp3) is 0.304. The van der Waals surface area contributed by atoms with Crippen LogP contribution >= 0.6 is 0 Å². The Hall–Kier alpha value is -3.12. The molecule has 0 saturated carbocycles. The molecule has 3 heterocycles. The van der Waals surface area contributed by atoms with Crippen molar-refractivity contribution in [3.8, 4) is 0 Å².